The molecule has 2 rings (SSSR count). The maximum Gasteiger partial charge on any atom is 0.416 e. The van der Waals surface area contributed by atoms with E-state index in [1.807, 2.05) is 0 Å². The van der Waals surface area contributed by atoms with Crippen LogP contribution in [0.25, 0.3) is 6.08 Å². The number of nitriles is 1. The van der Waals surface area contributed by atoms with Crippen molar-refractivity contribution in [1.29, 1.82) is 5.26 Å². The lowest BCUT2D eigenvalue weighted by atomic mass is 10.1. The second-order valence-electron chi connectivity index (χ2n) is 5.10. The average Bonchev–Trinajstić information content (AvgIpc) is 2.59. The average molecular weight is 360 g/mol. The molecule has 2 aromatic carbocycles. The summed E-state index contributed by atoms with van der Waals surface area (Å²) < 4.78 is 38.2. The van der Waals surface area contributed by atoms with Gasteiger partial charge in [-0.3, -0.25) is 4.79 Å². The highest BCUT2D eigenvalue weighted by molar-refractivity contribution is 6.11. The Morgan fingerprint density at radius 3 is 2.42 bits per heavy atom. The zero-order valence-electron chi connectivity index (χ0n) is 13.0. The molecule has 8 heteroatoms. The van der Waals surface area contributed by atoms with Crippen LogP contribution in [0.15, 0.2) is 54.1 Å². The Morgan fingerprint density at radius 2 is 1.81 bits per heavy atom. The first-order chi connectivity index (χ1) is 12.2. The number of alkyl halides is 3. The number of benzene rings is 2. The molecule has 132 valence electrons. The number of nitrogens with one attached hydrogen (secondary N) is 1. The van der Waals surface area contributed by atoms with E-state index in [1.54, 1.807) is 6.07 Å². The molecule has 0 spiro atoms. The molecule has 1 amide bonds. The number of carboxylic acid groups (broad SMARTS) is 1. The van der Waals surface area contributed by atoms with Crippen LogP contribution in [0.1, 0.15) is 21.5 Å². The third-order valence-electron chi connectivity index (χ3n) is 3.30. The predicted molar refractivity (Wildman–Crippen MR) is 87.1 cm³/mol. The van der Waals surface area contributed by atoms with Crippen molar-refractivity contribution in [1.82, 2.24) is 0 Å². The zero-order chi connectivity index (χ0) is 19.3. The SMILES string of the molecule is N#CC(=Cc1cccc(C(F)(F)F)c1)C(=O)Nc1ccccc1C(=O)O. The number of para-hydroxylation sites is 1. The van der Waals surface area contributed by atoms with Crippen molar-refractivity contribution >= 4 is 23.6 Å². The number of rotatable bonds is 4. The molecule has 0 aliphatic rings. The molecule has 2 aromatic rings. The number of amides is 1. The second-order valence-corrected chi connectivity index (χ2v) is 5.10. The van der Waals surface area contributed by atoms with Crippen LogP contribution >= 0.6 is 0 Å². The lowest BCUT2D eigenvalue weighted by Gasteiger charge is -2.08. The second kappa shape index (κ2) is 7.53. The molecular weight excluding hydrogens is 349 g/mol. The van der Waals surface area contributed by atoms with Gasteiger partial charge >= 0.3 is 12.1 Å². The molecule has 5 nitrogen and oxygen atoms in total. The lowest BCUT2D eigenvalue weighted by molar-refractivity contribution is -0.137. The summed E-state index contributed by atoms with van der Waals surface area (Å²) in [5, 5.41) is 20.5. The van der Waals surface area contributed by atoms with Crippen LogP contribution in [-0.4, -0.2) is 17.0 Å². The van der Waals surface area contributed by atoms with Gasteiger partial charge in [-0.05, 0) is 35.9 Å². The van der Waals surface area contributed by atoms with Crippen molar-refractivity contribution in [3.05, 3.63) is 70.8 Å². The standard InChI is InChI=1S/C18H11F3N2O3/c19-18(20,21)13-5-3-4-11(9-13)8-12(10-22)16(24)23-15-7-2-1-6-14(15)17(25)26/h1-9H,(H,23,24)(H,25,26). The number of anilines is 1. The molecule has 0 fully saturated rings. The maximum absolute atomic E-state index is 12.7. The minimum atomic E-state index is -4.56. The van der Waals surface area contributed by atoms with Crippen LogP contribution in [-0.2, 0) is 11.0 Å². The molecule has 0 unspecified atom stereocenters. The van der Waals surface area contributed by atoms with Gasteiger partial charge in [0, 0.05) is 0 Å². The normalized spacial score (nSPS) is 11.5. The molecule has 0 aliphatic heterocycles. The van der Waals surface area contributed by atoms with E-state index in [4.69, 9.17) is 10.4 Å². The third-order valence-corrected chi connectivity index (χ3v) is 3.30. The first kappa shape index (κ1) is 18.7. The molecule has 0 radical (unpaired) electrons. The number of carbonyl (C=O) groups is 2. The van der Waals surface area contributed by atoms with E-state index in [-0.39, 0.29) is 16.8 Å². The van der Waals surface area contributed by atoms with Gasteiger partial charge in [0.05, 0.1) is 16.8 Å². The number of carbonyl (C=O) groups excluding carboxylic acids is 1. The number of carboxylic acids is 1. The monoisotopic (exact) mass is 360 g/mol. The fraction of sp³-hybridized carbons (Fsp3) is 0.0556. The van der Waals surface area contributed by atoms with Gasteiger partial charge in [-0.1, -0.05) is 24.3 Å². The van der Waals surface area contributed by atoms with Crippen LogP contribution < -0.4 is 5.32 Å². The van der Waals surface area contributed by atoms with Gasteiger partial charge in [0.15, 0.2) is 0 Å². The van der Waals surface area contributed by atoms with Crippen LogP contribution in [0, 0.1) is 11.3 Å². The minimum absolute atomic E-state index is 0.0121. The Morgan fingerprint density at radius 1 is 1.12 bits per heavy atom. The minimum Gasteiger partial charge on any atom is -0.478 e. The Hall–Kier alpha value is -3.60. The van der Waals surface area contributed by atoms with Gasteiger partial charge in [0.2, 0.25) is 0 Å². The molecule has 0 heterocycles. The Balaban J connectivity index is 2.32. The number of aromatic carboxylic acids is 1. The summed E-state index contributed by atoms with van der Waals surface area (Å²) in [6.07, 6.45) is -3.56. The summed E-state index contributed by atoms with van der Waals surface area (Å²) in [6, 6.07) is 11.3. The summed E-state index contributed by atoms with van der Waals surface area (Å²) in [5.41, 5.74) is -1.59. The molecular formula is C18H11F3N2O3. The van der Waals surface area contributed by atoms with Crippen molar-refractivity contribution in [3.63, 3.8) is 0 Å². The Labute approximate surface area is 146 Å². The molecule has 0 saturated carbocycles. The van der Waals surface area contributed by atoms with Crippen LogP contribution in [0.2, 0.25) is 0 Å². The Kier molecular flexibility index (Phi) is 5.42. The first-order valence-electron chi connectivity index (χ1n) is 7.15. The number of nitrogens with zero attached hydrogens (tertiary/aromatic N) is 1. The quantitative estimate of drug-likeness (QED) is 0.638. The summed E-state index contributed by atoms with van der Waals surface area (Å²) in [4.78, 5) is 23.3. The zero-order valence-corrected chi connectivity index (χ0v) is 13.0. The number of hydrogen-bond donors (Lipinski definition) is 2. The molecule has 26 heavy (non-hydrogen) atoms. The highest BCUT2D eigenvalue weighted by atomic mass is 19.4. The summed E-state index contributed by atoms with van der Waals surface area (Å²) in [7, 11) is 0. The maximum atomic E-state index is 12.7. The van der Waals surface area contributed by atoms with Gasteiger partial charge in [-0.2, -0.15) is 18.4 Å². The van der Waals surface area contributed by atoms with Gasteiger partial charge in [-0.25, -0.2) is 4.79 Å². The highest BCUT2D eigenvalue weighted by Gasteiger charge is 2.30. The van der Waals surface area contributed by atoms with Gasteiger partial charge in [0.25, 0.3) is 5.91 Å². The third kappa shape index (κ3) is 4.48. The Bertz CT molecular complexity index is 928. The molecule has 0 atom stereocenters. The fourth-order valence-corrected chi connectivity index (χ4v) is 2.09. The molecule has 2 N–H and O–H groups in total. The largest absolute Gasteiger partial charge is 0.478 e. The fourth-order valence-electron chi connectivity index (χ4n) is 2.09. The van der Waals surface area contributed by atoms with Crippen molar-refractivity contribution < 1.29 is 27.9 Å². The van der Waals surface area contributed by atoms with Crippen molar-refractivity contribution in [2.75, 3.05) is 5.32 Å². The summed E-state index contributed by atoms with van der Waals surface area (Å²) in [6.45, 7) is 0. The summed E-state index contributed by atoms with van der Waals surface area (Å²) >= 11 is 0. The van der Waals surface area contributed by atoms with E-state index in [9.17, 15) is 22.8 Å². The molecule has 0 aromatic heterocycles. The predicted octanol–water partition coefficient (Wildman–Crippen LogP) is 3.95. The van der Waals surface area contributed by atoms with Gasteiger partial charge < -0.3 is 10.4 Å². The van der Waals surface area contributed by atoms with E-state index in [1.165, 1.54) is 30.3 Å². The van der Waals surface area contributed by atoms with E-state index in [2.05, 4.69) is 5.32 Å². The van der Waals surface area contributed by atoms with E-state index in [0.717, 1.165) is 24.3 Å². The van der Waals surface area contributed by atoms with Gasteiger partial charge in [-0.15, -0.1) is 0 Å². The first-order valence-corrected chi connectivity index (χ1v) is 7.15. The van der Waals surface area contributed by atoms with E-state index < -0.39 is 29.2 Å². The molecule has 0 aliphatic carbocycles. The number of halogens is 3. The lowest BCUT2D eigenvalue weighted by Crippen LogP contribution is -2.16. The highest BCUT2D eigenvalue weighted by Crippen LogP contribution is 2.30. The van der Waals surface area contributed by atoms with Crippen molar-refractivity contribution in [2.24, 2.45) is 0 Å². The smallest absolute Gasteiger partial charge is 0.416 e. The van der Waals surface area contributed by atoms with Gasteiger partial charge in [0.1, 0.15) is 11.6 Å². The van der Waals surface area contributed by atoms with E-state index >= 15 is 0 Å². The molecule has 0 bridgehead atoms. The van der Waals surface area contributed by atoms with Crippen LogP contribution in [0.3, 0.4) is 0 Å². The number of hydrogen-bond acceptors (Lipinski definition) is 3. The van der Waals surface area contributed by atoms with Crippen LogP contribution in [0.5, 0.6) is 0 Å². The van der Waals surface area contributed by atoms with E-state index in [0.29, 0.717) is 0 Å². The van der Waals surface area contributed by atoms with Crippen molar-refractivity contribution in [2.45, 2.75) is 6.18 Å². The van der Waals surface area contributed by atoms with Crippen LogP contribution in [0.4, 0.5) is 18.9 Å². The molecule has 0 saturated heterocycles. The topological polar surface area (TPSA) is 90.2 Å². The summed E-state index contributed by atoms with van der Waals surface area (Å²) in [5.74, 6) is -2.21. The van der Waals surface area contributed by atoms with Crippen molar-refractivity contribution in [3.8, 4) is 6.07 Å².